The van der Waals surface area contributed by atoms with Crippen molar-refractivity contribution in [3.63, 3.8) is 0 Å². The fraction of sp³-hybridized carbons (Fsp3) is 0.278. The number of nitrogens with zero attached hydrogens (tertiary/aromatic N) is 3. The summed E-state index contributed by atoms with van der Waals surface area (Å²) in [6.45, 7) is 0. The Morgan fingerprint density at radius 3 is 2.52 bits per heavy atom. The van der Waals surface area contributed by atoms with Crippen LogP contribution in [0, 0.1) is 10.1 Å². The number of hydrogen-bond donors (Lipinski definition) is 1. The predicted molar refractivity (Wildman–Crippen MR) is 101 cm³/mol. The molecular formula is C18H18N4O4S. The summed E-state index contributed by atoms with van der Waals surface area (Å²) in [4.78, 5) is 15.2. The molecule has 27 heavy (non-hydrogen) atoms. The van der Waals surface area contributed by atoms with Crippen LogP contribution in [0.5, 0.6) is 0 Å². The largest absolute Gasteiger partial charge is 0.376 e. The molecule has 0 saturated heterocycles. The van der Waals surface area contributed by atoms with E-state index in [4.69, 9.17) is 0 Å². The molecule has 2 aromatic heterocycles. The van der Waals surface area contributed by atoms with Gasteiger partial charge in [-0.2, -0.15) is 0 Å². The van der Waals surface area contributed by atoms with Crippen molar-refractivity contribution in [3.05, 3.63) is 58.9 Å². The first-order valence-electron chi connectivity index (χ1n) is 8.70. The molecule has 2 heterocycles. The van der Waals surface area contributed by atoms with Crippen LogP contribution in [0.15, 0.2) is 53.7 Å². The Hall–Kier alpha value is -2.94. The number of pyridine rings is 1. The van der Waals surface area contributed by atoms with Crippen LogP contribution < -0.4 is 5.32 Å². The van der Waals surface area contributed by atoms with Gasteiger partial charge in [0.15, 0.2) is 5.65 Å². The maximum Gasteiger partial charge on any atom is 0.311 e. The molecule has 0 aliphatic heterocycles. The van der Waals surface area contributed by atoms with Crippen molar-refractivity contribution < 1.29 is 13.3 Å². The number of nitro groups is 1. The maximum atomic E-state index is 13.0. The Morgan fingerprint density at radius 2 is 1.85 bits per heavy atom. The molecule has 0 radical (unpaired) electrons. The lowest BCUT2D eigenvalue weighted by Crippen LogP contribution is -2.16. The van der Waals surface area contributed by atoms with E-state index < -0.39 is 14.9 Å². The highest BCUT2D eigenvalue weighted by Crippen LogP contribution is 2.35. The zero-order chi connectivity index (χ0) is 19.0. The van der Waals surface area contributed by atoms with Crippen molar-refractivity contribution in [3.8, 4) is 0 Å². The van der Waals surface area contributed by atoms with E-state index in [1.165, 1.54) is 18.3 Å². The smallest absolute Gasteiger partial charge is 0.311 e. The minimum atomic E-state index is -3.84. The van der Waals surface area contributed by atoms with Crippen LogP contribution in [0.1, 0.15) is 25.7 Å². The summed E-state index contributed by atoms with van der Waals surface area (Å²) < 4.78 is 27.0. The molecule has 1 aliphatic carbocycles. The standard InChI is InChI=1S/C18H18N4O4S/c23-22(24)16-12-19-18-15(17(16)20-13-6-4-5-7-13)10-11-21(18)27(25,26)14-8-2-1-3-9-14/h1-3,8-13H,4-7H2,(H,19,20). The van der Waals surface area contributed by atoms with Crippen molar-refractivity contribution in [1.82, 2.24) is 8.96 Å². The Kier molecular flexibility index (Phi) is 4.31. The molecule has 140 valence electrons. The van der Waals surface area contributed by atoms with Gasteiger partial charge in [0.1, 0.15) is 11.9 Å². The quantitative estimate of drug-likeness (QED) is 0.531. The van der Waals surface area contributed by atoms with Crippen LogP contribution in [0.25, 0.3) is 11.0 Å². The van der Waals surface area contributed by atoms with Crippen molar-refractivity contribution >= 4 is 32.4 Å². The van der Waals surface area contributed by atoms with Crippen molar-refractivity contribution in [2.75, 3.05) is 5.32 Å². The molecule has 0 bridgehead atoms. The van der Waals surface area contributed by atoms with E-state index in [-0.39, 0.29) is 22.3 Å². The van der Waals surface area contributed by atoms with Crippen molar-refractivity contribution in [1.29, 1.82) is 0 Å². The second kappa shape index (κ2) is 6.66. The van der Waals surface area contributed by atoms with Crippen molar-refractivity contribution in [2.24, 2.45) is 0 Å². The molecule has 0 unspecified atom stereocenters. The molecule has 3 aromatic rings. The van der Waals surface area contributed by atoms with Gasteiger partial charge in [-0.15, -0.1) is 0 Å². The summed E-state index contributed by atoms with van der Waals surface area (Å²) in [5, 5.41) is 15.1. The number of hydrogen-bond acceptors (Lipinski definition) is 6. The minimum absolute atomic E-state index is 0.132. The third-order valence-electron chi connectivity index (χ3n) is 4.86. The molecule has 0 atom stereocenters. The second-order valence-electron chi connectivity index (χ2n) is 6.57. The summed E-state index contributed by atoms with van der Waals surface area (Å²) in [5.74, 6) is 0. The monoisotopic (exact) mass is 386 g/mol. The zero-order valence-electron chi connectivity index (χ0n) is 14.4. The topological polar surface area (TPSA) is 107 Å². The molecule has 1 aliphatic rings. The molecule has 9 heteroatoms. The first kappa shape index (κ1) is 17.5. The van der Waals surface area contributed by atoms with E-state index in [9.17, 15) is 18.5 Å². The molecule has 0 amide bonds. The Balaban J connectivity index is 1.87. The van der Waals surface area contributed by atoms with Crippen molar-refractivity contribution in [2.45, 2.75) is 36.6 Å². The van der Waals surface area contributed by atoms with Crippen LogP contribution in [0.4, 0.5) is 11.4 Å². The van der Waals surface area contributed by atoms with Crippen LogP contribution in [-0.2, 0) is 10.0 Å². The fourth-order valence-corrected chi connectivity index (χ4v) is 4.84. The molecule has 1 fully saturated rings. The third kappa shape index (κ3) is 3.03. The number of fused-ring (bicyclic) bond motifs is 1. The van der Waals surface area contributed by atoms with E-state index in [0.29, 0.717) is 11.1 Å². The predicted octanol–water partition coefficient (Wildman–Crippen LogP) is 3.54. The van der Waals surface area contributed by atoms with Crippen LogP contribution in [0.2, 0.25) is 0 Å². The Morgan fingerprint density at radius 1 is 1.15 bits per heavy atom. The van der Waals surface area contributed by atoms with Gasteiger partial charge >= 0.3 is 5.69 Å². The highest BCUT2D eigenvalue weighted by atomic mass is 32.2. The molecule has 1 N–H and O–H groups in total. The summed E-state index contributed by atoms with van der Waals surface area (Å²) in [5.41, 5.74) is 0.355. The number of anilines is 1. The lowest BCUT2D eigenvalue weighted by Gasteiger charge is -2.14. The van der Waals surface area contributed by atoms with E-state index >= 15 is 0 Å². The first-order chi connectivity index (χ1) is 13.0. The van der Waals surface area contributed by atoms with Gasteiger partial charge in [-0.3, -0.25) is 10.1 Å². The van der Waals surface area contributed by atoms with Gasteiger partial charge in [-0.25, -0.2) is 17.4 Å². The summed E-state index contributed by atoms with van der Waals surface area (Å²) in [6, 6.07) is 9.73. The number of benzene rings is 1. The van der Waals surface area contributed by atoms with Crippen LogP contribution in [-0.4, -0.2) is 28.3 Å². The molecule has 1 aromatic carbocycles. The number of rotatable bonds is 5. The van der Waals surface area contributed by atoms with Gasteiger partial charge in [0.2, 0.25) is 0 Å². The van der Waals surface area contributed by atoms with Gasteiger partial charge < -0.3 is 5.32 Å². The van der Waals surface area contributed by atoms with Gasteiger partial charge in [0.05, 0.1) is 15.2 Å². The molecular weight excluding hydrogens is 368 g/mol. The average Bonchev–Trinajstić information content (AvgIpc) is 3.32. The minimum Gasteiger partial charge on any atom is -0.376 e. The van der Waals surface area contributed by atoms with Crippen LogP contribution >= 0.6 is 0 Å². The highest BCUT2D eigenvalue weighted by Gasteiger charge is 2.27. The molecule has 8 nitrogen and oxygen atoms in total. The number of aromatic nitrogens is 2. The second-order valence-corrected chi connectivity index (χ2v) is 8.38. The Labute approximate surface area is 156 Å². The van der Waals surface area contributed by atoms with Gasteiger partial charge in [-0.05, 0) is 31.0 Å². The fourth-order valence-electron chi connectivity index (χ4n) is 3.52. The number of nitrogens with one attached hydrogen (secondary N) is 1. The first-order valence-corrected chi connectivity index (χ1v) is 10.1. The van der Waals surface area contributed by atoms with Crippen LogP contribution in [0.3, 0.4) is 0 Å². The van der Waals surface area contributed by atoms with E-state index in [0.717, 1.165) is 35.9 Å². The van der Waals surface area contributed by atoms with E-state index in [1.807, 2.05) is 0 Å². The summed E-state index contributed by atoms with van der Waals surface area (Å²) in [6.07, 6.45) is 6.53. The van der Waals surface area contributed by atoms with Gasteiger partial charge in [0.25, 0.3) is 10.0 Å². The zero-order valence-corrected chi connectivity index (χ0v) is 15.2. The summed E-state index contributed by atoms with van der Waals surface area (Å²) >= 11 is 0. The SMILES string of the molecule is O=[N+]([O-])c1cnc2c(ccn2S(=O)(=O)c2ccccc2)c1NC1CCCC1. The van der Waals surface area contributed by atoms with E-state index in [2.05, 4.69) is 10.3 Å². The summed E-state index contributed by atoms with van der Waals surface area (Å²) in [7, 11) is -3.84. The molecule has 1 saturated carbocycles. The average molecular weight is 386 g/mol. The van der Waals surface area contributed by atoms with Gasteiger partial charge in [0, 0.05) is 12.2 Å². The van der Waals surface area contributed by atoms with Gasteiger partial charge in [-0.1, -0.05) is 31.0 Å². The highest BCUT2D eigenvalue weighted by molar-refractivity contribution is 7.90. The van der Waals surface area contributed by atoms with E-state index in [1.54, 1.807) is 24.3 Å². The molecule has 0 spiro atoms. The lowest BCUT2D eigenvalue weighted by atomic mass is 10.2. The molecule has 4 rings (SSSR count). The third-order valence-corrected chi connectivity index (χ3v) is 6.54. The lowest BCUT2D eigenvalue weighted by molar-refractivity contribution is -0.384. The Bertz CT molecular complexity index is 1100. The maximum absolute atomic E-state index is 13.0. The normalized spacial score (nSPS) is 15.3.